The Kier molecular flexibility index (Phi) is 8.32. The monoisotopic (exact) mass is 471 g/mol. The van der Waals surface area contributed by atoms with Gasteiger partial charge >= 0.3 is 6.09 Å². The van der Waals surface area contributed by atoms with E-state index in [9.17, 15) is 14.7 Å². The van der Waals surface area contributed by atoms with E-state index >= 15 is 0 Å². The number of alkyl carbamates (subject to hydrolysis) is 1. The van der Waals surface area contributed by atoms with Gasteiger partial charge in [-0.2, -0.15) is 0 Å². The highest BCUT2D eigenvalue weighted by atomic mass is 16.5. The van der Waals surface area contributed by atoms with Crippen LogP contribution in [0, 0.1) is 0 Å². The summed E-state index contributed by atoms with van der Waals surface area (Å²) in [6.45, 7) is 2.30. The van der Waals surface area contributed by atoms with Gasteiger partial charge in [-0.15, -0.1) is 0 Å². The molecule has 2 N–H and O–H groups in total. The molecule has 0 saturated heterocycles. The Hall–Kier alpha value is -3.44. The lowest BCUT2D eigenvalue weighted by Crippen LogP contribution is -2.42. The first kappa shape index (κ1) is 24.7. The highest BCUT2D eigenvalue weighted by Crippen LogP contribution is 2.44. The van der Waals surface area contributed by atoms with Crippen LogP contribution in [0.1, 0.15) is 60.8 Å². The van der Waals surface area contributed by atoms with E-state index in [-0.39, 0.29) is 31.3 Å². The van der Waals surface area contributed by atoms with E-state index in [2.05, 4.69) is 36.5 Å². The van der Waals surface area contributed by atoms with Crippen molar-refractivity contribution in [2.45, 2.75) is 57.6 Å². The Morgan fingerprint density at radius 2 is 1.49 bits per heavy atom. The average Bonchev–Trinajstić information content (AvgIpc) is 3.21. The van der Waals surface area contributed by atoms with E-state index in [1.54, 1.807) is 0 Å². The molecule has 0 aliphatic heterocycles. The first-order valence-electron chi connectivity index (χ1n) is 12.4. The van der Waals surface area contributed by atoms with Gasteiger partial charge in [-0.3, -0.25) is 4.79 Å². The molecule has 1 aliphatic carbocycles. The fourth-order valence-corrected chi connectivity index (χ4v) is 4.78. The third-order valence-corrected chi connectivity index (χ3v) is 6.70. The lowest BCUT2D eigenvalue weighted by molar-refractivity contribution is -0.120. The molecule has 0 saturated carbocycles. The van der Waals surface area contributed by atoms with Crippen LogP contribution in [-0.2, 0) is 22.6 Å². The summed E-state index contributed by atoms with van der Waals surface area (Å²) in [7, 11) is 0. The number of ketones is 1. The van der Waals surface area contributed by atoms with Crippen LogP contribution >= 0.6 is 0 Å². The number of aliphatic hydroxyl groups is 1. The Morgan fingerprint density at radius 3 is 2.09 bits per heavy atom. The van der Waals surface area contributed by atoms with Crippen molar-refractivity contribution in [1.29, 1.82) is 0 Å². The number of carbonyl (C=O) groups excluding carboxylic acids is 2. The molecular formula is C30H33NO4. The van der Waals surface area contributed by atoms with Crippen LogP contribution in [0.4, 0.5) is 4.79 Å². The standard InChI is InChI=1S/C30H33NO4/c1-2-3-4-13-28(29(33)18-21-14-16-22(19-32)17-15-21)31-30(34)35-20-27-25-11-7-5-9-23(25)24-10-6-8-12-26(24)27/h5-12,14-17,27-28,32H,2-4,13,18-20H2,1H3,(H,31,34)/t28-/m0/s1. The third-order valence-electron chi connectivity index (χ3n) is 6.70. The number of fused-ring (bicyclic) bond motifs is 3. The summed E-state index contributed by atoms with van der Waals surface area (Å²) in [6, 6.07) is 23.2. The second-order valence-corrected chi connectivity index (χ2v) is 9.14. The molecule has 0 spiro atoms. The highest BCUT2D eigenvalue weighted by Gasteiger charge is 2.29. The van der Waals surface area contributed by atoms with Crippen LogP contribution in [0.5, 0.6) is 0 Å². The van der Waals surface area contributed by atoms with Gasteiger partial charge in [0.15, 0.2) is 5.78 Å². The highest BCUT2D eigenvalue weighted by molar-refractivity contribution is 5.89. The topological polar surface area (TPSA) is 75.6 Å². The van der Waals surface area contributed by atoms with E-state index in [4.69, 9.17) is 4.74 Å². The zero-order valence-electron chi connectivity index (χ0n) is 20.2. The minimum Gasteiger partial charge on any atom is -0.449 e. The molecule has 1 aliphatic rings. The van der Waals surface area contributed by atoms with Crippen molar-refractivity contribution in [2.24, 2.45) is 0 Å². The van der Waals surface area contributed by atoms with Gasteiger partial charge in [0.1, 0.15) is 6.61 Å². The van der Waals surface area contributed by atoms with Crippen molar-refractivity contribution in [1.82, 2.24) is 5.32 Å². The molecule has 1 amide bonds. The lowest BCUT2D eigenvalue weighted by Gasteiger charge is -2.19. The van der Waals surface area contributed by atoms with E-state index in [1.165, 1.54) is 11.1 Å². The minimum atomic E-state index is -0.588. The summed E-state index contributed by atoms with van der Waals surface area (Å²) in [5, 5.41) is 12.1. The van der Waals surface area contributed by atoms with E-state index in [0.717, 1.165) is 41.5 Å². The Bertz CT molecular complexity index is 1110. The second-order valence-electron chi connectivity index (χ2n) is 9.14. The molecule has 0 aromatic heterocycles. The number of benzene rings is 3. The maximum Gasteiger partial charge on any atom is 0.407 e. The number of carbonyl (C=O) groups is 2. The Balaban J connectivity index is 1.40. The minimum absolute atomic E-state index is 0.0209. The lowest BCUT2D eigenvalue weighted by atomic mass is 9.98. The molecule has 3 aromatic rings. The average molecular weight is 472 g/mol. The number of amides is 1. The zero-order chi connectivity index (χ0) is 24.6. The van der Waals surface area contributed by atoms with Crippen LogP contribution in [0.2, 0.25) is 0 Å². The molecule has 1 atom stereocenters. The largest absolute Gasteiger partial charge is 0.449 e. The van der Waals surface area contributed by atoms with Crippen LogP contribution in [0.25, 0.3) is 11.1 Å². The van der Waals surface area contributed by atoms with Crippen molar-refractivity contribution in [3.63, 3.8) is 0 Å². The predicted octanol–water partition coefficient (Wildman–Crippen LogP) is 5.78. The first-order valence-corrected chi connectivity index (χ1v) is 12.4. The second kappa shape index (κ2) is 11.8. The molecule has 5 nitrogen and oxygen atoms in total. The van der Waals surface area contributed by atoms with Gasteiger partial charge in [0.2, 0.25) is 0 Å². The van der Waals surface area contributed by atoms with Crippen molar-refractivity contribution >= 4 is 11.9 Å². The van der Waals surface area contributed by atoms with Gasteiger partial charge in [-0.1, -0.05) is 99.0 Å². The molecule has 35 heavy (non-hydrogen) atoms. The molecular weight excluding hydrogens is 438 g/mol. The van der Waals surface area contributed by atoms with Gasteiger partial charge in [0, 0.05) is 12.3 Å². The van der Waals surface area contributed by atoms with Crippen molar-refractivity contribution in [3.8, 4) is 11.1 Å². The number of aliphatic hydroxyl groups excluding tert-OH is 1. The fourth-order valence-electron chi connectivity index (χ4n) is 4.78. The molecule has 4 rings (SSSR count). The maximum atomic E-state index is 13.1. The van der Waals surface area contributed by atoms with Gasteiger partial charge in [0.25, 0.3) is 0 Å². The third kappa shape index (κ3) is 5.98. The van der Waals surface area contributed by atoms with Crippen molar-refractivity contribution in [2.75, 3.05) is 6.61 Å². The maximum absolute atomic E-state index is 13.1. The molecule has 5 heteroatoms. The summed E-state index contributed by atoms with van der Waals surface area (Å²) in [6.07, 6.45) is 3.16. The Labute approximate surface area is 207 Å². The predicted molar refractivity (Wildman–Crippen MR) is 137 cm³/mol. The summed E-state index contributed by atoms with van der Waals surface area (Å²) >= 11 is 0. The number of hydrogen-bond donors (Lipinski definition) is 2. The van der Waals surface area contributed by atoms with Crippen molar-refractivity contribution < 1.29 is 19.4 Å². The van der Waals surface area contributed by atoms with E-state index in [1.807, 2.05) is 48.5 Å². The van der Waals surface area contributed by atoms with Gasteiger partial charge in [0.05, 0.1) is 12.6 Å². The quantitative estimate of drug-likeness (QED) is 0.348. The normalized spacial score (nSPS) is 13.1. The van der Waals surface area contributed by atoms with Crippen molar-refractivity contribution in [3.05, 3.63) is 95.1 Å². The first-order chi connectivity index (χ1) is 17.1. The van der Waals surface area contributed by atoms with Crippen LogP contribution in [0.3, 0.4) is 0 Å². The van der Waals surface area contributed by atoms with Crippen LogP contribution in [0.15, 0.2) is 72.8 Å². The van der Waals surface area contributed by atoms with E-state index in [0.29, 0.717) is 6.42 Å². The van der Waals surface area contributed by atoms with Gasteiger partial charge in [-0.25, -0.2) is 4.79 Å². The molecule has 0 unspecified atom stereocenters. The molecule has 0 heterocycles. The summed E-state index contributed by atoms with van der Waals surface area (Å²) in [5.41, 5.74) is 6.33. The van der Waals surface area contributed by atoms with Crippen LogP contribution in [-0.4, -0.2) is 29.6 Å². The number of unbranched alkanes of at least 4 members (excludes halogenated alkanes) is 2. The summed E-state index contributed by atoms with van der Waals surface area (Å²) in [4.78, 5) is 25.9. The fraction of sp³-hybridized carbons (Fsp3) is 0.333. The van der Waals surface area contributed by atoms with Gasteiger partial charge in [-0.05, 0) is 39.8 Å². The van der Waals surface area contributed by atoms with Gasteiger partial charge < -0.3 is 15.2 Å². The SMILES string of the molecule is CCCCC[C@H](NC(=O)OCC1c2ccccc2-c2ccccc21)C(=O)Cc1ccc(CO)cc1. The molecule has 0 fully saturated rings. The number of ether oxygens (including phenoxy) is 1. The molecule has 0 bridgehead atoms. The summed E-state index contributed by atoms with van der Waals surface area (Å²) < 4.78 is 5.68. The molecule has 3 aromatic carbocycles. The zero-order valence-corrected chi connectivity index (χ0v) is 20.2. The van der Waals surface area contributed by atoms with E-state index < -0.39 is 12.1 Å². The smallest absolute Gasteiger partial charge is 0.407 e. The number of rotatable bonds is 11. The number of nitrogens with one attached hydrogen (secondary N) is 1. The molecule has 182 valence electrons. The molecule has 0 radical (unpaired) electrons. The Morgan fingerprint density at radius 1 is 0.886 bits per heavy atom. The number of Topliss-reactive ketones (excluding diaryl/α,β-unsaturated/α-hetero) is 1. The summed E-state index contributed by atoms with van der Waals surface area (Å²) in [5.74, 6) is -0.0567. The van der Waals surface area contributed by atoms with Crippen LogP contribution < -0.4 is 5.32 Å². The number of hydrogen-bond acceptors (Lipinski definition) is 4.